The molecule has 5 rings (SSSR count). The van der Waals surface area contributed by atoms with Crippen molar-refractivity contribution in [1.29, 1.82) is 0 Å². The zero-order chi connectivity index (χ0) is 29.7. The summed E-state index contributed by atoms with van der Waals surface area (Å²) >= 11 is 0. The van der Waals surface area contributed by atoms with Crippen molar-refractivity contribution >= 4 is 16.9 Å². The summed E-state index contributed by atoms with van der Waals surface area (Å²) in [6.07, 6.45) is 2.17. The van der Waals surface area contributed by atoms with E-state index < -0.39 is 0 Å². The van der Waals surface area contributed by atoms with Gasteiger partial charge in [0.15, 0.2) is 0 Å². The number of benzene rings is 4. The Morgan fingerprint density at radius 3 is 2.19 bits per heavy atom. The highest BCUT2D eigenvalue weighted by atomic mass is 16.5. The summed E-state index contributed by atoms with van der Waals surface area (Å²) < 4.78 is 13.6. The van der Waals surface area contributed by atoms with E-state index in [9.17, 15) is 4.79 Å². The van der Waals surface area contributed by atoms with Gasteiger partial charge in [0.25, 0.3) is 0 Å². The minimum Gasteiger partial charge on any atom is -0.494 e. The van der Waals surface area contributed by atoms with E-state index in [4.69, 9.17) is 9.47 Å². The van der Waals surface area contributed by atoms with Gasteiger partial charge in [-0.1, -0.05) is 107 Å². The lowest BCUT2D eigenvalue weighted by Crippen LogP contribution is -2.14. The second kappa shape index (κ2) is 12.7. The van der Waals surface area contributed by atoms with Crippen LogP contribution in [-0.4, -0.2) is 23.8 Å². The number of carbonyl (C=O) groups is 1. The van der Waals surface area contributed by atoms with Crippen LogP contribution in [0.1, 0.15) is 69.1 Å². The number of rotatable bonds is 10. The van der Waals surface area contributed by atoms with E-state index in [1.54, 1.807) is 0 Å². The van der Waals surface area contributed by atoms with Crippen molar-refractivity contribution in [3.8, 4) is 28.0 Å². The molecule has 0 aliphatic rings. The summed E-state index contributed by atoms with van der Waals surface area (Å²) in [6.45, 7) is 12.2. The third-order valence-corrected chi connectivity index (χ3v) is 7.70. The molecule has 4 nitrogen and oxygen atoms in total. The van der Waals surface area contributed by atoms with Crippen LogP contribution in [0.5, 0.6) is 5.75 Å². The minimum absolute atomic E-state index is 0.0456. The van der Waals surface area contributed by atoms with Crippen LogP contribution in [0.2, 0.25) is 0 Å². The number of esters is 1. The SMILES string of the molecule is CCCCOc1ccc(-c2cccc(Cn3c(C(=O)OCC)c(-c4ccc(C(C)(C)C)cc4)c4ccccc43)c2)cc1. The number of aromatic nitrogens is 1. The van der Waals surface area contributed by atoms with E-state index in [1.807, 2.05) is 31.2 Å². The highest BCUT2D eigenvalue weighted by molar-refractivity contribution is 6.08. The summed E-state index contributed by atoms with van der Waals surface area (Å²) in [5, 5.41) is 1.04. The second-order valence-electron chi connectivity index (χ2n) is 11.8. The molecule has 1 aromatic heterocycles. The van der Waals surface area contributed by atoms with Gasteiger partial charge in [0, 0.05) is 23.0 Å². The van der Waals surface area contributed by atoms with Crippen LogP contribution >= 0.6 is 0 Å². The zero-order valence-electron chi connectivity index (χ0n) is 25.4. The lowest BCUT2D eigenvalue weighted by molar-refractivity contribution is 0.0516. The lowest BCUT2D eigenvalue weighted by atomic mass is 9.86. The number of ether oxygens (including phenoxy) is 2. The smallest absolute Gasteiger partial charge is 0.355 e. The third-order valence-electron chi connectivity index (χ3n) is 7.70. The quantitative estimate of drug-likeness (QED) is 0.126. The number of fused-ring (bicyclic) bond motifs is 1. The first-order chi connectivity index (χ1) is 20.3. The largest absolute Gasteiger partial charge is 0.494 e. The summed E-state index contributed by atoms with van der Waals surface area (Å²) in [5.74, 6) is 0.586. The molecule has 216 valence electrons. The fraction of sp³-hybridized carbons (Fsp3) is 0.289. The predicted molar refractivity (Wildman–Crippen MR) is 173 cm³/mol. The fourth-order valence-corrected chi connectivity index (χ4v) is 5.42. The first-order valence-electron chi connectivity index (χ1n) is 15.0. The van der Waals surface area contributed by atoms with Gasteiger partial charge in [-0.2, -0.15) is 0 Å². The van der Waals surface area contributed by atoms with Gasteiger partial charge in [0.2, 0.25) is 0 Å². The molecule has 0 N–H and O–H groups in total. The molecular formula is C38H41NO3. The molecule has 0 bridgehead atoms. The standard InChI is InChI=1S/C38H41NO3/c1-6-8-24-42-32-22-18-28(19-23-32)30-13-11-12-27(25-30)26-39-34-15-10-9-14-33(34)35(36(39)37(40)41-7-2)29-16-20-31(21-17-29)38(3,4)5/h9-23,25H,6-8,24,26H2,1-5H3. The monoisotopic (exact) mass is 559 g/mol. The van der Waals surface area contributed by atoms with Gasteiger partial charge in [-0.25, -0.2) is 4.79 Å². The normalized spacial score (nSPS) is 11.5. The Labute approximate surface area is 249 Å². The van der Waals surface area contributed by atoms with Crippen LogP contribution in [0.25, 0.3) is 33.2 Å². The van der Waals surface area contributed by atoms with Gasteiger partial charge in [-0.15, -0.1) is 0 Å². The Morgan fingerprint density at radius 1 is 0.786 bits per heavy atom. The van der Waals surface area contributed by atoms with Crippen molar-refractivity contribution in [2.24, 2.45) is 0 Å². The van der Waals surface area contributed by atoms with Gasteiger partial charge >= 0.3 is 5.97 Å². The Balaban J connectivity index is 1.55. The molecule has 0 saturated carbocycles. The van der Waals surface area contributed by atoms with Crippen molar-refractivity contribution < 1.29 is 14.3 Å². The highest BCUT2D eigenvalue weighted by Crippen LogP contribution is 2.37. The first-order valence-corrected chi connectivity index (χ1v) is 15.0. The number of carbonyl (C=O) groups excluding carboxylic acids is 1. The van der Waals surface area contributed by atoms with Gasteiger partial charge in [-0.3, -0.25) is 0 Å². The molecule has 4 heteroatoms. The number of para-hydroxylation sites is 1. The Bertz CT molecular complexity index is 1650. The second-order valence-corrected chi connectivity index (χ2v) is 11.8. The Morgan fingerprint density at radius 2 is 1.50 bits per heavy atom. The topological polar surface area (TPSA) is 40.5 Å². The average Bonchev–Trinajstić information content (AvgIpc) is 3.31. The van der Waals surface area contributed by atoms with Crippen LogP contribution in [0.3, 0.4) is 0 Å². The molecular weight excluding hydrogens is 518 g/mol. The van der Waals surface area contributed by atoms with Crippen LogP contribution in [0.4, 0.5) is 0 Å². The van der Waals surface area contributed by atoms with Gasteiger partial charge in [0.1, 0.15) is 11.4 Å². The molecule has 1 heterocycles. The van der Waals surface area contributed by atoms with Gasteiger partial charge in [0.05, 0.1) is 13.2 Å². The third kappa shape index (κ3) is 6.28. The Hall–Kier alpha value is -4.31. The van der Waals surface area contributed by atoms with Crippen LogP contribution < -0.4 is 4.74 Å². The van der Waals surface area contributed by atoms with E-state index >= 15 is 0 Å². The molecule has 0 aliphatic heterocycles. The van der Waals surface area contributed by atoms with Crippen LogP contribution in [0, 0.1) is 0 Å². The summed E-state index contributed by atoms with van der Waals surface area (Å²) in [7, 11) is 0. The van der Waals surface area contributed by atoms with Crippen LogP contribution in [-0.2, 0) is 16.7 Å². The number of nitrogens with zero attached hydrogens (tertiary/aromatic N) is 1. The average molecular weight is 560 g/mol. The van der Waals surface area contributed by atoms with Crippen molar-refractivity contribution in [2.45, 2.75) is 59.4 Å². The molecule has 4 aromatic carbocycles. The minimum atomic E-state index is -0.307. The van der Waals surface area contributed by atoms with E-state index in [1.165, 1.54) is 5.56 Å². The summed E-state index contributed by atoms with van der Waals surface area (Å²) in [4.78, 5) is 13.6. The maximum Gasteiger partial charge on any atom is 0.355 e. The molecule has 0 amide bonds. The van der Waals surface area contributed by atoms with E-state index in [0.717, 1.165) is 63.9 Å². The molecule has 0 spiro atoms. The molecule has 0 saturated heterocycles. The predicted octanol–water partition coefficient (Wildman–Crippen LogP) is 9.68. The maximum absolute atomic E-state index is 13.6. The van der Waals surface area contributed by atoms with Crippen molar-refractivity contribution in [2.75, 3.05) is 13.2 Å². The lowest BCUT2D eigenvalue weighted by Gasteiger charge is -2.19. The highest BCUT2D eigenvalue weighted by Gasteiger charge is 2.25. The summed E-state index contributed by atoms with van der Waals surface area (Å²) in [6, 6.07) is 33.7. The maximum atomic E-state index is 13.6. The zero-order valence-corrected chi connectivity index (χ0v) is 25.4. The van der Waals surface area contributed by atoms with E-state index in [0.29, 0.717) is 18.8 Å². The Kier molecular flexibility index (Phi) is 8.82. The van der Waals surface area contributed by atoms with Gasteiger partial charge < -0.3 is 14.0 Å². The number of hydrogen-bond donors (Lipinski definition) is 0. The van der Waals surface area contributed by atoms with Crippen LogP contribution in [0.15, 0.2) is 97.1 Å². The molecule has 0 atom stereocenters. The molecule has 0 aliphatic carbocycles. The molecule has 42 heavy (non-hydrogen) atoms. The molecule has 0 radical (unpaired) electrons. The summed E-state index contributed by atoms with van der Waals surface area (Å²) in [5.41, 5.74) is 8.18. The van der Waals surface area contributed by atoms with E-state index in [2.05, 4.69) is 105 Å². The van der Waals surface area contributed by atoms with Gasteiger partial charge in [-0.05, 0) is 70.8 Å². The number of hydrogen-bond acceptors (Lipinski definition) is 3. The van der Waals surface area contributed by atoms with E-state index in [-0.39, 0.29) is 11.4 Å². The fourth-order valence-electron chi connectivity index (χ4n) is 5.42. The van der Waals surface area contributed by atoms with Crippen molar-refractivity contribution in [3.05, 3.63) is 114 Å². The first kappa shape index (κ1) is 29.2. The molecule has 0 fully saturated rings. The van der Waals surface area contributed by atoms with Crippen molar-refractivity contribution in [1.82, 2.24) is 4.57 Å². The molecule has 0 unspecified atom stereocenters. The molecule has 5 aromatic rings. The van der Waals surface area contributed by atoms with Crippen molar-refractivity contribution in [3.63, 3.8) is 0 Å². The number of unbranched alkanes of at least 4 members (excludes halogenated alkanes) is 1.